The van der Waals surface area contributed by atoms with E-state index in [0.29, 0.717) is 5.56 Å². The van der Waals surface area contributed by atoms with Crippen LogP contribution in [0.5, 0.6) is 0 Å². The minimum absolute atomic E-state index is 0.147. The van der Waals surface area contributed by atoms with Gasteiger partial charge in [0.25, 0.3) is 5.91 Å². The Labute approximate surface area is 106 Å². The molecule has 5 heteroatoms. The largest absolute Gasteiger partial charge is 0.452 e. The van der Waals surface area contributed by atoms with Crippen LogP contribution in [-0.4, -0.2) is 36.5 Å². The van der Waals surface area contributed by atoms with Gasteiger partial charge in [-0.05, 0) is 43.6 Å². The molecule has 1 aromatic rings. The zero-order valence-electron chi connectivity index (χ0n) is 9.91. The lowest BCUT2D eigenvalue weighted by atomic mass is 10.1. The van der Waals surface area contributed by atoms with Gasteiger partial charge in [-0.25, -0.2) is 0 Å². The maximum atomic E-state index is 11.9. The molecule has 0 radical (unpaired) electrons. The Kier molecular flexibility index (Phi) is 4.07. The maximum Gasteiger partial charge on any atom is 0.256 e. The molecule has 17 heavy (non-hydrogen) atoms. The molecule has 0 bridgehead atoms. The third-order valence-corrected chi connectivity index (χ3v) is 3.44. The fourth-order valence-electron chi connectivity index (χ4n) is 2.18. The van der Waals surface area contributed by atoms with Gasteiger partial charge in [0.2, 0.25) is 5.22 Å². The van der Waals surface area contributed by atoms with Crippen LogP contribution in [0.25, 0.3) is 0 Å². The molecule has 2 rings (SSSR count). The molecule has 1 saturated heterocycles. The van der Waals surface area contributed by atoms with Crippen molar-refractivity contribution in [1.82, 2.24) is 10.2 Å². The van der Waals surface area contributed by atoms with E-state index in [1.54, 1.807) is 6.07 Å². The molecule has 1 fully saturated rings. The quantitative estimate of drug-likeness (QED) is 0.901. The summed E-state index contributed by atoms with van der Waals surface area (Å²) in [6.07, 6.45) is 3.58. The molecular weight excluding hydrogens is 240 g/mol. The van der Waals surface area contributed by atoms with Crippen molar-refractivity contribution in [1.29, 1.82) is 0 Å². The average Bonchev–Trinajstić information content (AvgIpc) is 2.76. The maximum absolute atomic E-state index is 11.9. The summed E-state index contributed by atoms with van der Waals surface area (Å²) in [5.41, 5.74) is 0.417. The molecule has 1 aromatic heterocycles. The van der Waals surface area contributed by atoms with Crippen molar-refractivity contribution in [3.05, 3.63) is 23.1 Å². The highest BCUT2D eigenvalue weighted by Crippen LogP contribution is 2.17. The fraction of sp³-hybridized carbons (Fsp3) is 0.583. The number of carbonyl (C=O) groups excluding carboxylic acids is 1. The number of piperidine rings is 1. The third-order valence-electron chi connectivity index (χ3n) is 3.15. The number of likely N-dealkylation sites (tertiary alicyclic amines) is 1. The number of nitrogens with zero attached hydrogens (tertiary/aromatic N) is 1. The minimum atomic E-state index is -0.147. The monoisotopic (exact) mass is 256 g/mol. The Morgan fingerprint density at radius 3 is 3.18 bits per heavy atom. The zero-order valence-corrected chi connectivity index (χ0v) is 10.7. The molecule has 1 N–H and O–H groups in total. The number of likely N-dealkylation sites (N-methyl/N-ethyl adjacent to an activating group) is 1. The summed E-state index contributed by atoms with van der Waals surface area (Å²) in [4.78, 5) is 14.3. The van der Waals surface area contributed by atoms with Gasteiger partial charge in [-0.1, -0.05) is 6.92 Å². The second-order valence-corrected chi connectivity index (χ2v) is 4.66. The van der Waals surface area contributed by atoms with E-state index >= 15 is 0 Å². The number of rotatable bonds is 3. The van der Waals surface area contributed by atoms with Gasteiger partial charge in [0.05, 0.1) is 11.8 Å². The van der Waals surface area contributed by atoms with Crippen LogP contribution >= 0.6 is 11.6 Å². The SMILES string of the molecule is CCN1CCCC(NC(=O)c2ccoc2Cl)C1. The van der Waals surface area contributed by atoms with Gasteiger partial charge in [-0.2, -0.15) is 0 Å². The third kappa shape index (κ3) is 3.01. The van der Waals surface area contributed by atoms with Crippen molar-refractivity contribution < 1.29 is 9.21 Å². The molecule has 1 aliphatic heterocycles. The zero-order chi connectivity index (χ0) is 12.3. The van der Waals surface area contributed by atoms with Gasteiger partial charge >= 0.3 is 0 Å². The first-order valence-corrected chi connectivity index (χ1v) is 6.34. The molecule has 0 saturated carbocycles. The Hall–Kier alpha value is -1.00. The molecule has 0 aromatic carbocycles. The van der Waals surface area contributed by atoms with E-state index < -0.39 is 0 Å². The van der Waals surface area contributed by atoms with Crippen molar-refractivity contribution in [3.63, 3.8) is 0 Å². The van der Waals surface area contributed by atoms with Crippen LogP contribution in [0.1, 0.15) is 30.1 Å². The van der Waals surface area contributed by atoms with Crippen LogP contribution in [0, 0.1) is 0 Å². The van der Waals surface area contributed by atoms with Crippen LogP contribution in [-0.2, 0) is 0 Å². The number of nitrogens with one attached hydrogen (secondary N) is 1. The summed E-state index contributed by atoms with van der Waals surface area (Å²) in [6, 6.07) is 1.81. The minimum Gasteiger partial charge on any atom is -0.452 e. The number of amides is 1. The first kappa shape index (κ1) is 12.5. The lowest BCUT2D eigenvalue weighted by Gasteiger charge is -2.32. The molecule has 94 valence electrons. The Bertz CT molecular complexity index is 392. The second kappa shape index (κ2) is 5.56. The Balaban J connectivity index is 1.93. The van der Waals surface area contributed by atoms with Crippen molar-refractivity contribution in [2.75, 3.05) is 19.6 Å². The molecule has 1 amide bonds. The van der Waals surface area contributed by atoms with Crippen LogP contribution in [0.2, 0.25) is 5.22 Å². The lowest BCUT2D eigenvalue weighted by molar-refractivity contribution is 0.0905. The summed E-state index contributed by atoms with van der Waals surface area (Å²) in [7, 11) is 0. The van der Waals surface area contributed by atoms with E-state index in [9.17, 15) is 4.79 Å². The van der Waals surface area contributed by atoms with Gasteiger partial charge in [0.15, 0.2) is 0 Å². The molecule has 1 aliphatic rings. The molecular formula is C12H17ClN2O2. The van der Waals surface area contributed by atoms with Crippen LogP contribution < -0.4 is 5.32 Å². The normalized spacial score (nSPS) is 21.4. The van der Waals surface area contributed by atoms with E-state index in [4.69, 9.17) is 16.0 Å². The van der Waals surface area contributed by atoms with E-state index in [-0.39, 0.29) is 17.2 Å². The number of furan rings is 1. The predicted octanol–water partition coefficient (Wildman–Crippen LogP) is 2.15. The number of hydrogen-bond donors (Lipinski definition) is 1. The highest BCUT2D eigenvalue weighted by Gasteiger charge is 2.22. The standard InChI is InChI=1S/C12H17ClN2O2/c1-2-15-6-3-4-9(8-15)14-12(16)10-5-7-17-11(10)13/h5,7,9H,2-4,6,8H2,1H3,(H,14,16). The number of carbonyl (C=O) groups is 1. The summed E-state index contributed by atoms with van der Waals surface area (Å²) in [6.45, 7) is 5.20. The van der Waals surface area contributed by atoms with E-state index in [0.717, 1.165) is 32.5 Å². The summed E-state index contributed by atoms with van der Waals surface area (Å²) < 4.78 is 4.91. The molecule has 1 atom stereocenters. The van der Waals surface area contributed by atoms with Gasteiger partial charge in [0.1, 0.15) is 0 Å². The van der Waals surface area contributed by atoms with Crippen LogP contribution in [0.15, 0.2) is 16.7 Å². The Morgan fingerprint density at radius 2 is 2.53 bits per heavy atom. The fourth-order valence-corrected chi connectivity index (χ4v) is 2.38. The lowest BCUT2D eigenvalue weighted by Crippen LogP contribution is -2.47. The van der Waals surface area contributed by atoms with Crippen molar-refractivity contribution in [2.24, 2.45) is 0 Å². The van der Waals surface area contributed by atoms with Crippen molar-refractivity contribution >= 4 is 17.5 Å². The second-order valence-electron chi connectivity index (χ2n) is 4.31. The average molecular weight is 257 g/mol. The molecule has 1 unspecified atom stereocenters. The van der Waals surface area contributed by atoms with Gasteiger partial charge in [0, 0.05) is 12.6 Å². The highest BCUT2D eigenvalue weighted by atomic mass is 35.5. The molecule has 0 spiro atoms. The summed E-state index contributed by atoms with van der Waals surface area (Å²) in [5.74, 6) is -0.147. The van der Waals surface area contributed by atoms with Gasteiger partial charge < -0.3 is 14.6 Å². The van der Waals surface area contributed by atoms with Crippen molar-refractivity contribution in [3.8, 4) is 0 Å². The van der Waals surface area contributed by atoms with Crippen molar-refractivity contribution in [2.45, 2.75) is 25.8 Å². The van der Waals surface area contributed by atoms with E-state index in [1.165, 1.54) is 6.26 Å². The molecule has 4 nitrogen and oxygen atoms in total. The topological polar surface area (TPSA) is 45.5 Å². The van der Waals surface area contributed by atoms with E-state index in [1.807, 2.05) is 0 Å². The smallest absolute Gasteiger partial charge is 0.256 e. The van der Waals surface area contributed by atoms with Gasteiger partial charge in [-0.15, -0.1) is 0 Å². The number of hydrogen-bond acceptors (Lipinski definition) is 3. The summed E-state index contributed by atoms with van der Waals surface area (Å²) >= 11 is 5.77. The van der Waals surface area contributed by atoms with Crippen LogP contribution in [0.4, 0.5) is 0 Å². The Morgan fingerprint density at radius 1 is 1.71 bits per heavy atom. The first-order valence-electron chi connectivity index (χ1n) is 5.97. The molecule has 2 heterocycles. The predicted molar refractivity (Wildman–Crippen MR) is 66.3 cm³/mol. The number of halogens is 1. The molecule has 0 aliphatic carbocycles. The van der Waals surface area contributed by atoms with Crippen LogP contribution in [0.3, 0.4) is 0 Å². The van der Waals surface area contributed by atoms with E-state index in [2.05, 4.69) is 17.1 Å². The first-order chi connectivity index (χ1) is 8.20. The van der Waals surface area contributed by atoms with Gasteiger partial charge in [-0.3, -0.25) is 4.79 Å². The highest BCUT2D eigenvalue weighted by molar-refractivity contribution is 6.32. The summed E-state index contributed by atoms with van der Waals surface area (Å²) in [5, 5.41) is 3.16.